The summed E-state index contributed by atoms with van der Waals surface area (Å²) in [5, 5.41) is 15.5. The fraction of sp³-hybridized carbons (Fsp3) is 0.0625. The van der Waals surface area contributed by atoms with Crippen LogP contribution in [-0.4, -0.2) is 33.3 Å². The lowest BCUT2D eigenvalue weighted by molar-refractivity contribution is 0.301. The number of methoxy groups -OCH3 is 1. The molecule has 2 heterocycles. The quantitative estimate of drug-likeness (QED) is 0.143. The molecule has 0 bridgehead atoms. The van der Waals surface area contributed by atoms with E-state index in [4.69, 9.17) is 9.47 Å². The van der Waals surface area contributed by atoms with Gasteiger partial charge in [-0.25, -0.2) is 9.67 Å². The van der Waals surface area contributed by atoms with Gasteiger partial charge in [0.05, 0.1) is 30.9 Å². The third-order valence-corrected chi connectivity index (χ3v) is 7.06. The second-order valence-corrected chi connectivity index (χ2v) is 9.92. The predicted molar refractivity (Wildman–Crippen MR) is 163 cm³/mol. The highest BCUT2D eigenvalue weighted by atomic mass is 32.1. The Morgan fingerprint density at radius 1 is 0.829 bits per heavy atom. The van der Waals surface area contributed by atoms with Crippen LogP contribution >= 0.6 is 11.3 Å². The molecule has 0 spiro atoms. The molecule has 6 aromatic rings. The number of nitrogens with zero attached hydrogens (tertiary/aromatic N) is 5. The van der Waals surface area contributed by atoms with Gasteiger partial charge in [-0.3, -0.25) is 5.43 Å². The lowest BCUT2D eigenvalue weighted by atomic mass is 10.0. The van der Waals surface area contributed by atoms with Gasteiger partial charge in [-0.1, -0.05) is 59.8 Å². The van der Waals surface area contributed by atoms with Gasteiger partial charge in [0.25, 0.3) is 0 Å². The number of ether oxygens (including phenoxy) is 2. The zero-order chi connectivity index (χ0) is 27.9. The van der Waals surface area contributed by atoms with Crippen LogP contribution in [0.2, 0.25) is 0 Å². The highest BCUT2D eigenvalue weighted by molar-refractivity contribution is 7.14. The summed E-state index contributed by atoms with van der Waals surface area (Å²) in [5.74, 6) is 1.53. The van der Waals surface area contributed by atoms with E-state index in [2.05, 4.69) is 62.2 Å². The maximum Gasteiger partial charge on any atom is 0.203 e. The van der Waals surface area contributed by atoms with Gasteiger partial charge in [0, 0.05) is 10.9 Å². The standard InChI is InChI=1S/C32H26N6O2S/c1-39-29-17-13-28(14-18-29)38-20-27(35-37-38)21-40-30-15-7-23(8-16-30)19-33-36-32-34-31(22-41-32)26-11-9-25(10-12-26)24-5-3-2-4-6-24/h2-20,22H,21H2,1H3,(H,34,36)/b33-19+. The highest BCUT2D eigenvalue weighted by Gasteiger charge is 2.06. The molecule has 202 valence electrons. The molecule has 0 radical (unpaired) electrons. The topological polar surface area (TPSA) is 86.5 Å². The Balaban J connectivity index is 0.997. The van der Waals surface area contributed by atoms with Crippen molar-refractivity contribution in [3.05, 3.63) is 126 Å². The Kier molecular flexibility index (Phi) is 7.77. The molecule has 0 aliphatic rings. The molecule has 2 aromatic heterocycles. The van der Waals surface area contributed by atoms with E-state index in [0.29, 0.717) is 6.61 Å². The summed E-state index contributed by atoms with van der Waals surface area (Å²) in [4.78, 5) is 4.67. The minimum Gasteiger partial charge on any atom is -0.497 e. The molecule has 41 heavy (non-hydrogen) atoms. The fourth-order valence-electron chi connectivity index (χ4n) is 4.12. The van der Waals surface area contributed by atoms with Crippen LogP contribution in [0.3, 0.4) is 0 Å². The van der Waals surface area contributed by atoms with Crippen molar-refractivity contribution in [2.75, 3.05) is 12.5 Å². The molecular formula is C32H26N6O2S. The van der Waals surface area contributed by atoms with Gasteiger partial charge in [0.2, 0.25) is 5.13 Å². The maximum absolute atomic E-state index is 5.88. The largest absolute Gasteiger partial charge is 0.497 e. The smallest absolute Gasteiger partial charge is 0.203 e. The molecule has 6 rings (SSSR count). The molecule has 0 unspecified atom stereocenters. The van der Waals surface area contributed by atoms with Crippen molar-refractivity contribution in [2.24, 2.45) is 5.10 Å². The van der Waals surface area contributed by atoms with E-state index in [1.54, 1.807) is 18.0 Å². The third kappa shape index (κ3) is 6.48. The summed E-state index contributed by atoms with van der Waals surface area (Å²) < 4.78 is 12.8. The van der Waals surface area contributed by atoms with E-state index in [-0.39, 0.29) is 0 Å². The Morgan fingerprint density at radius 3 is 2.29 bits per heavy atom. The van der Waals surface area contributed by atoms with E-state index in [9.17, 15) is 0 Å². The van der Waals surface area contributed by atoms with Gasteiger partial charge < -0.3 is 9.47 Å². The summed E-state index contributed by atoms with van der Waals surface area (Å²) in [6.07, 6.45) is 3.60. The molecule has 0 aliphatic carbocycles. The van der Waals surface area contributed by atoms with Gasteiger partial charge in [0.15, 0.2) is 0 Å². The van der Waals surface area contributed by atoms with Gasteiger partial charge in [-0.2, -0.15) is 5.10 Å². The first-order valence-electron chi connectivity index (χ1n) is 12.9. The van der Waals surface area contributed by atoms with Gasteiger partial charge in [0.1, 0.15) is 23.8 Å². The van der Waals surface area contributed by atoms with Crippen LogP contribution in [0.4, 0.5) is 5.13 Å². The highest BCUT2D eigenvalue weighted by Crippen LogP contribution is 2.27. The molecule has 8 nitrogen and oxygen atoms in total. The number of rotatable bonds is 10. The first kappa shape index (κ1) is 26.0. The van der Waals surface area contributed by atoms with E-state index >= 15 is 0 Å². The second-order valence-electron chi connectivity index (χ2n) is 9.06. The number of nitrogens with one attached hydrogen (secondary N) is 1. The normalized spacial score (nSPS) is 11.0. The van der Waals surface area contributed by atoms with Gasteiger partial charge in [-0.15, -0.1) is 16.4 Å². The molecule has 0 fully saturated rings. The Labute approximate surface area is 241 Å². The van der Waals surface area contributed by atoms with Crippen LogP contribution in [0, 0.1) is 0 Å². The molecule has 9 heteroatoms. The molecule has 0 atom stereocenters. The monoisotopic (exact) mass is 558 g/mol. The van der Waals surface area contributed by atoms with E-state index in [0.717, 1.165) is 44.8 Å². The first-order valence-corrected chi connectivity index (χ1v) is 13.8. The number of anilines is 1. The number of benzene rings is 4. The van der Waals surface area contributed by atoms with Crippen LogP contribution in [0.5, 0.6) is 11.5 Å². The van der Waals surface area contributed by atoms with Crippen molar-refractivity contribution >= 4 is 22.7 Å². The zero-order valence-electron chi connectivity index (χ0n) is 22.2. The van der Waals surface area contributed by atoms with Gasteiger partial charge >= 0.3 is 0 Å². The minimum absolute atomic E-state index is 0.312. The molecular weight excluding hydrogens is 532 g/mol. The van der Waals surface area contributed by atoms with Crippen LogP contribution in [0.15, 0.2) is 120 Å². The second kappa shape index (κ2) is 12.3. The minimum atomic E-state index is 0.312. The number of aromatic nitrogens is 4. The Hall–Kier alpha value is -5.28. The molecule has 4 aromatic carbocycles. The molecule has 0 saturated heterocycles. The summed E-state index contributed by atoms with van der Waals surface area (Å²) in [7, 11) is 1.64. The average Bonchev–Trinajstić information content (AvgIpc) is 3.72. The van der Waals surface area contributed by atoms with Crippen LogP contribution in [-0.2, 0) is 6.61 Å². The lowest BCUT2D eigenvalue weighted by Gasteiger charge is -2.04. The van der Waals surface area contributed by atoms with Crippen molar-refractivity contribution in [3.63, 3.8) is 0 Å². The van der Waals surface area contributed by atoms with Crippen molar-refractivity contribution in [1.29, 1.82) is 0 Å². The maximum atomic E-state index is 5.88. The van der Waals surface area contributed by atoms with Crippen LogP contribution in [0.25, 0.3) is 28.1 Å². The summed E-state index contributed by atoms with van der Waals surface area (Å²) >= 11 is 1.51. The number of hydrazone groups is 1. The van der Waals surface area contributed by atoms with E-state index < -0.39 is 0 Å². The molecule has 0 saturated carbocycles. The zero-order valence-corrected chi connectivity index (χ0v) is 23.0. The Bertz CT molecular complexity index is 1730. The average molecular weight is 559 g/mol. The lowest BCUT2D eigenvalue weighted by Crippen LogP contribution is -1.96. The number of hydrogen-bond donors (Lipinski definition) is 1. The van der Waals surface area contributed by atoms with Gasteiger partial charge in [-0.05, 0) is 65.2 Å². The Morgan fingerprint density at radius 2 is 1.54 bits per heavy atom. The van der Waals surface area contributed by atoms with E-state index in [1.165, 1.54) is 22.5 Å². The molecule has 0 amide bonds. The summed E-state index contributed by atoms with van der Waals surface area (Å²) in [6, 6.07) is 34.1. The SMILES string of the molecule is COc1ccc(-n2cc(COc3ccc(/C=N/Nc4nc(-c5ccc(-c6ccccc6)cc5)cs4)cc3)nn2)cc1. The summed E-state index contributed by atoms with van der Waals surface area (Å²) in [6.45, 7) is 0.312. The van der Waals surface area contributed by atoms with Crippen molar-refractivity contribution < 1.29 is 9.47 Å². The van der Waals surface area contributed by atoms with Crippen molar-refractivity contribution in [2.45, 2.75) is 6.61 Å². The van der Waals surface area contributed by atoms with E-state index in [1.807, 2.05) is 78.3 Å². The molecule has 1 N–H and O–H groups in total. The first-order chi connectivity index (χ1) is 20.2. The number of hydrogen-bond acceptors (Lipinski definition) is 8. The fourth-order valence-corrected chi connectivity index (χ4v) is 4.79. The van der Waals surface area contributed by atoms with Crippen LogP contribution in [0.1, 0.15) is 11.3 Å². The third-order valence-electron chi connectivity index (χ3n) is 6.31. The molecule has 0 aliphatic heterocycles. The van der Waals surface area contributed by atoms with Crippen molar-refractivity contribution in [1.82, 2.24) is 20.0 Å². The van der Waals surface area contributed by atoms with Crippen molar-refractivity contribution in [3.8, 4) is 39.6 Å². The van der Waals surface area contributed by atoms with Crippen LogP contribution < -0.4 is 14.9 Å². The number of thiazole rings is 1. The predicted octanol–water partition coefficient (Wildman–Crippen LogP) is 7.09. The summed E-state index contributed by atoms with van der Waals surface area (Å²) in [5.41, 5.74) is 9.94.